The molecule has 0 aliphatic carbocycles. The molecule has 1 heterocycles. The Kier molecular flexibility index (Phi) is 5.57. The number of aryl methyl sites for hydroxylation is 1. The normalized spacial score (nSPS) is 9.94. The highest BCUT2D eigenvalue weighted by molar-refractivity contribution is 7.98. The van der Waals surface area contributed by atoms with Crippen LogP contribution in [0, 0.1) is 0 Å². The van der Waals surface area contributed by atoms with E-state index in [0.29, 0.717) is 12.0 Å². The Hall–Kier alpha value is -1.63. The summed E-state index contributed by atoms with van der Waals surface area (Å²) in [5, 5.41) is 7.39. The van der Waals surface area contributed by atoms with Gasteiger partial charge < -0.3 is 9.47 Å². The Balaban J connectivity index is 3.11. The molecule has 0 bridgehead atoms. The van der Waals surface area contributed by atoms with E-state index in [0.717, 1.165) is 5.75 Å². The molecule has 0 saturated heterocycles. The smallest absolute Gasteiger partial charge is 0.358 e. The molecule has 0 atom stereocenters. The van der Waals surface area contributed by atoms with Gasteiger partial charge in [-0.25, -0.2) is 9.59 Å². The number of carbonyl (C=O) groups is 2. The zero-order valence-corrected chi connectivity index (χ0v) is 11.2. The van der Waals surface area contributed by atoms with E-state index in [1.54, 1.807) is 11.8 Å². The Labute approximate surface area is 109 Å². The molecule has 0 radical (unpaired) electrons. The predicted molar refractivity (Wildman–Crippen MR) is 66.8 cm³/mol. The number of hydrogen-bond donors (Lipinski definition) is 0. The van der Waals surface area contributed by atoms with Crippen LogP contribution in [0.1, 0.15) is 26.5 Å². The van der Waals surface area contributed by atoms with Crippen LogP contribution >= 0.6 is 11.8 Å². The van der Waals surface area contributed by atoms with E-state index in [2.05, 4.69) is 19.7 Å². The number of rotatable bonds is 5. The van der Waals surface area contributed by atoms with Gasteiger partial charge in [0.25, 0.3) is 0 Å². The highest BCUT2D eigenvalue weighted by atomic mass is 32.2. The van der Waals surface area contributed by atoms with E-state index < -0.39 is 11.9 Å². The fraction of sp³-hybridized carbons (Fsp3) is 0.455. The average Bonchev–Trinajstić information content (AvgIpc) is 2.42. The van der Waals surface area contributed by atoms with Crippen LogP contribution in [-0.2, 0) is 15.9 Å². The Bertz CT molecular complexity index is 451. The summed E-state index contributed by atoms with van der Waals surface area (Å²) in [4.78, 5) is 22.8. The Morgan fingerprint density at radius 3 is 2.44 bits per heavy atom. The van der Waals surface area contributed by atoms with Crippen molar-refractivity contribution in [1.29, 1.82) is 0 Å². The maximum atomic E-state index is 11.5. The van der Waals surface area contributed by atoms with Crippen molar-refractivity contribution in [2.75, 3.05) is 26.2 Å². The van der Waals surface area contributed by atoms with Gasteiger partial charge >= 0.3 is 11.9 Å². The number of aromatic nitrogens is 2. The van der Waals surface area contributed by atoms with Crippen molar-refractivity contribution in [2.24, 2.45) is 0 Å². The zero-order valence-electron chi connectivity index (χ0n) is 10.4. The molecule has 1 rings (SSSR count). The lowest BCUT2D eigenvalue weighted by Gasteiger charge is -2.07. The molecule has 0 N–H and O–H groups in total. The van der Waals surface area contributed by atoms with E-state index >= 15 is 0 Å². The van der Waals surface area contributed by atoms with Gasteiger partial charge in [0.05, 0.1) is 14.2 Å². The summed E-state index contributed by atoms with van der Waals surface area (Å²) in [6, 6.07) is 1.52. The number of methoxy groups -OCH3 is 2. The van der Waals surface area contributed by atoms with Crippen molar-refractivity contribution in [3.05, 3.63) is 23.0 Å². The molecule has 18 heavy (non-hydrogen) atoms. The zero-order chi connectivity index (χ0) is 13.5. The van der Waals surface area contributed by atoms with Crippen molar-refractivity contribution in [3.8, 4) is 0 Å². The highest BCUT2D eigenvalue weighted by Crippen LogP contribution is 2.12. The van der Waals surface area contributed by atoms with Crippen LogP contribution in [0.5, 0.6) is 0 Å². The number of thioether (sulfide) groups is 1. The lowest BCUT2D eigenvalue weighted by Crippen LogP contribution is -2.14. The quantitative estimate of drug-likeness (QED) is 0.737. The largest absolute Gasteiger partial charge is 0.464 e. The number of hydrogen-bond acceptors (Lipinski definition) is 7. The third-order valence-corrected chi connectivity index (χ3v) is 2.83. The summed E-state index contributed by atoms with van der Waals surface area (Å²) < 4.78 is 9.18. The Morgan fingerprint density at radius 1 is 1.22 bits per heavy atom. The number of esters is 2. The molecule has 6 nitrogen and oxygen atoms in total. The lowest BCUT2D eigenvalue weighted by atomic mass is 10.1. The number of nitrogens with zero attached hydrogens (tertiary/aromatic N) is 2. The van der Waals surface area contributed by atoms with Gasteiger partial charge in [0, 0.05) is 0 Å². The SMILES string of the molecule is COC(=O)c1cc(CCSC)c(C(=O)OC)nn1. The van der Waals surface area contributed by atoms with Gasteiger partial charge in [-0.3, -0.25) is 0 Å². The van der Waals surface area contributed by atoms with Crippen LogP contribution in [0.25, 0.3) is 0 Å². The molecule has 98 valence electrons. The molecule has 0 saturated carbocycles. The molecule has 1 aromatic heterocycles. The van der Waals surface area contributed by atoms with E-state index in [4.69, 9.17) is 0 Å². The third kappa shape index (κ3) is 3.43. The molecular formula is C11H14N2O4S. The van der Waals surface area contributed by atoms with Crippen molar-refractivity contribution in [3.63, 3.8) is 0 Å². The summed E-state index contributed by atoms with van der Waals surface area (Å²) in [6.45, 7) is 0. The first kappa shape index (κ1) is 14.4. The van der Waals surface area contributed by atoms with E-state index in [9.17, 15) is 9.59 Å². The van der Waals surface area contributed by atoms with Crippen molar-refractivity contribution in [2.45, 2.75) is 6.42 Å². The number of ether oxygens (including phenoxy) is 2. The van der Waals surface area contributed by atoms with Crippen LogP contribution in [0.2, 0.25) is 0 Å². The van der Waals surface area contributed by atoms with Gasteiger partial charge in [-0.05, 0) is 30.1 Å². The van der Waals surface area contributed by atoms with Gasteiger partial charge in [0.2, 0.25) is 0 Å². The van der Waals surface area contributed by atoms with Gasteiger partial charge in [-0.2, -0.15) is 11.8 Å². The minimum atomic E-state index is -0.579. The fourth-order valence-electron chi connectivity index (χ4n) is 1.31. The number of carbonyl (C=O) groups excluding carboxylic acids is 2. The Morgan fingerprint density at radius 2 is 1.89 bits per heavy atom. The van der Waals surface area contributed by atoms with Gasteiger partial charge in [-0.1, -0.05) is 0 Å². The molecule has 0 amide bonds. The van der Waals surface area contributed by atoms with Gasteiger partial charge in [0.15, 0.2) is 11.4 Å². The summed E-state index contributed by atoms with van der Waals surface area (Å²) in [5.74, 6) is -0.338. The highest BCUT2D eigenvalue weighted by Gasteiger charge is 2.18. The monoisotopic (exact) mass is 270 g/mol. The van der Waals surface area contributed by atoms with Crippen LogP contribution in [0.4, 0.5) is 0 Å². The molecule has 0 aliphatic rings. The second-order valence-corrected chi connectivity index (χ2v) is 4.31. The van der Waals surface area contributed by atoms with Crippen molar-refractivity contribution >= 4 is 23.7 Å². The standard InChI is InChI=1S/C11H14N2O4S/c1-16-10(14)8-6-7(4-5-18-3)9(13-12-8)11(15)17-2/h6H,4-5H2,1-3H3. The maximum Gasteiger partial charge on any atom is 0.358 e. The first-order valence-electron chi connectivity index (χ1n) is 5.16. The maximum absolute atomic E-state index is 11.5. The van der Waals surface area contributed by atoms with Gasteiger partial charge in [-0.15, -0.1) is 10.2 Å². The third-order valence-electron chi connectivity index (χ3n) is 2.22. The second-order valence-electron chi connectivity index (χ2n) is 3.33. The topological polar surface area (TPSA) is 78.4 Å². The second kappa shape index (κ2) is 6.95. The van der Waals surface area contributed by atoms with E-state index in [-0.39, 0.29) is 11.4 Å². The minimum Gasteiger partial charge on any atom is -0.464 e. The molecule has 0 unspecified atom stereocenters. The van der Waals surface area contributed by atoms with Crippen molar-refractivity contribution in [1.82, 2.24) is 10.2 Å². The summed E-state index contributed by atoms with van der Waals surface area (Å²) >= 11 is 1.63. The van der Waals surface area contributed by atoms with Crippen LogP contribution in [-0.4, -0.2) is 48.4 Å². The molecule has 0 spiro atoms. The molecule has 1 aromatic rings. The van der Waals surface area contributed by atoms with E-state index in [1.807, 2.05) is 6.26 Å². The van der Waals surface area contributed by atoms with E-state index in [1.165, 1.54) is 20.3 Å². The van der Waals surface area contributed by atoms with Gasteiger partial charge in [0.1, 0.15) is 0 Å². The molecular weight excluding hydrogens is 256 g/mol. The first-order valence-corrected chi connectivity index (χ1v) is 6.55. The average molecular weight is 270 g/mol. The summed E-state index contributed by atoms with van der Waals surface area (Å²) in [5.41, 5.74) is 0.854. The first-order chi connectivity index (χ1) is 8.63. The van der Waals surface area contributed by atoms with Crippen LogP contribution in [0.3, 0.4) is 0 Å². The molecule has 0 aromatic carbocycles. The fourth-order valence-corrected chi connectivity index (χ4v) is 1.73. The summed E-state index contributed by atoms with van der Waals surface area (Å²) in [7, 11) is 2.54. The van der Waals surface area contributed by atoms with Crippen molar-refractivity contribution < 1.29 is 19.1 Å². The minimum absolute atomic E-state index is 0.0845. The molecule has 7 heteroatoms. The lowest BCUT2D eigenvalue weighted by molar-refractivity contribution is 0.0572. The van der Waals surface area contributed by atoms with Crippen LogP contribution in [0.15, 0.2) is 6.07 Å². The predicted octanol–water partition coefficient (Wildman–Crippen LogP) is 0.955. The van der Waals surface area contributed by atoms with Crippen LogP contribution < -0.4 is 0 Å². The molecule has 0 aliphatic heterocycles. The molecule has 0 fully saturated rings. The summed E-state index contributed by atoms with van der Waals surface area (Å²) in [6.07, 6.45) is 2.55.